The zero-order valence-electron chi connectivity index (χ0n) is 7.50. The van der Waals surface area contributed by atoms with Gasteiger partial charge in [0.2, 0.25) is 0 Å². The second kappa shape index (κ2) is 2.97. The van der Waals surface area contributed by atoms with Crippen molar-refractivity contribution < 1.29 is 13.9 Å². The Morgan fingerprint density at radius 3 is 2.93 bits per heavy atom. The minimum absolute atomic E-state index is 0.148. The third-order valence-electron chi connectivity index (χ3n) is 2.40. The van der Waals surface area contributed by atoms with Crippen LogP contribution in [0.2, 0.25) is 0 Å². The number of carbonyl (C=O) groups excluding carboxylic acids is 1. The smallest absolute Gasteiger partial charge is 0.407 e. The molecule has 3 nitrogen and oxygen atoms in total. The van der Waals surface area contributed by atoms with E-state index in [1.807, 2.05) is 12.1 Å². The van der Waals surface area contributed by atoms with E-state index in [2.05, 4.69) is 4.74 Å². The lowest BCUT2D eigenvalue weighted by Crippen LogP contribution is -2.28. The molecule has 0 heterocycles. The fourth-order valence-electron chi connectivity index (χ4n) is 1.80. The van der Waals surface area contributed by atoms with Gasteiger partial charge in [-0.05, 0) is 12.0 Å². The number of carbonyl (C=O) groups is 1. The molecule has 0 saturated heterocycles. The Bertz CT molecular complexity index is 380. The van der Waals surface area contributed by atoms with E-state index in [4.69, 9.17) is 5.73 Å². The molecule has 1 aromatic carbocycles. The SMILES string of the molecule is NC(=O)OC1(F)CCc2ccccc21. The number of hydrogen-bond donors (Lipinski definition) is 1. The van der Waals surface area contributed by atoms with Crippen LogP contribution in [0.3, 0.4) is 0 Å². The first kappa shape index (κ1) is 8.99. The highest BCUT2D eigenvalue weighted by Gasteiger charge is 2.42. The van der Waals surface area contributed by atoms with Crippen LogP contribution in [0.15, 0.2) is 24.3 Å². The van der Waals surface area contributed by atoms with Crippen LogP contribution in [0.1, 0.15) is 17.5 Å². The van der Waals surface area contributed by atoms with Crippen LogP contribution < -0.4 is 5.73 Å². The van der Waals surface area contributed by atoms with Gasteiger partial charge >= 0.3 is 6.09 Å². The molecule has 1 amide bonds. The predicted octanol–water partition coefficient (Wildman–Crippen LogP) is 1.85. The monoisotopic (exact) mass is 195 g/mol. The number of nitrogens with two attached hydrogens (primary N) is 1. The summed E-state index contributed by atoms with van der Waals surface area (Å²) in [5.74, 6) is -2.03. The van der Waals surface area contributed by atoms with E-state index in [1.165, 1.54) is 0 Å². The number of amides is 1. The molecule has 0 spiro atoms. The van der Waals surface area contributed by atoms with Gasteiger partial charge in [0, 0.05) is 12.0 Å². The summed E-state index contributed by atoms with van der Waals surface area (Å²) >= 11 is 0. The molecule has 2 N–H and O–H groups in total. The number of halogens is 1. The molecule has 0 fully saturated rings. The number of aryl methyl sites for hydroxylation is 1. The van der Waals surface area contributed by atoms with Crippen molar-refractivity contribution >= 4 is 6.09 Å². The number of benzene rings is 1. The quantitative estimate of drug-likeness (QED) is 0.743. The molecule has 1 aliphatic rings. The molecule has 4 heteroatoms. The van der Waals surface area contributed by atoms with Gasteiger partial charge in [-0.25, -0.2) is 4.79 Å². The minimum Gasteiger partial charge on any atom is -0.408 e. The van der Waals surface area contributed by atoms with Gasteiger partial charge in [0.05, 0.1) is 0 Å². The Balaban J connectivity index is 2.37. The zero-order valence-corrected chi connectivity index (χ0v) is 7.50. The van der Waals surface area contributed by atoms with Crippen molar-refractivity contribution in [2.45, 2.75) is 18.7 Å². The third kappa shape index (κ3) is 1.32. The highest BCUT2D eigenvalue weighted by molar-refractivity contribution is 5.65. The normalized spacial score (nSPS) is 24.4. The maximum absolute atomic E-state index is 14.0. The molecule has 0 saturated carbocycles. The molecule has 0 bridgehead atoms. The number of fused-ring (bicyclic) bond motifs is 1. The van der Waals surface area contributed by atoms with Crippen LogP contribution in [-0.4, -0.2) is 6.09 Å². The molecule has 0 radical (unpaired) electrons. The highest BCUT2D eigenvalue weighted by atomic mass is 19.2. The van der Waals surface area contributed by atoms with Crippen LogP contribution in [0.5, 0.6) is 0 Å². The summed E-state index contributed by atoms with van der Waals surface area (Å²) in [7, 11) is 0. The summed E-state index contributed by atoms with van der Waals surface area (Å²) in [6.45, 7) is 0. The number of rotatable bonds is 1. The summed E-state index contributed by atoms with van der Waals surface area (Å²) in [6, 6.07) is 6.98. The molecule has 14 heavy (non-hydrogen) atoms. The third-order valence-corrected chi connectivity index (χ3v) is 2.40. The Morgan fingerprint density at radius 2 is 2.21 bits per heavy atom. The maximum Gasteiger partial charge on any atom is 0.407 e. The number of ether oxygens (including phenoxy) is 1. The van der Waals surface area contributed by atoms with E-state index in [1.54, 1.807) is 12.1 Å². The summed E-state index contributed by atoms with van der Waals surface area (Å²) < 4.78 is 18.5. The van der Waals surface area contributed by atoms with Gasteiger partial charge in [0.15, 0.2) is 0 Å². The van der Waals surface area contributed by atoms with Crippen LogP contribution in [0.4, 0.5) is 9.18 Å². The van der Waals surface area contributed by atoms with Crippen molar-refractivity contribution in [3.63, 3.8) is 0 Å². The molecule has 2 rings (SSSR count). The predicted molar refractivity (Wildman–Crippen MR) is 48.2 cm³/mol. The first-order chi connectivity index (χ1) is 6.62. The number of alkyl halides is 1. The van der Waals surface area contributed by atoms with E-state index < -0.39 is 11.9 Å². The van der Waals surface area contributed by atoms with Gasteiger partial charge < -0.3 is 10.5 Å². The average molecular weight is 195 g/mol. The minimum atomic E-state index is -2.03. The topological polar surface area (TPSA) is 52.3 Å². The van der Waals surface area contributed by atoms with Crippen molar-refractivity contribution in [2.75, 3.05) is 0 Å². The lowest BCUT2D eigenvalue weighted by molar-refractivity contribution is -0.0969. The van der Waals surface area contributed by atoms with Crippen molar-refractivity contribution in [3.8, 4) is 0 Å². The van der Waals surface area contributed by atoms with E-state index in [-0.39, 0.29) is 6.42 Å². The first-order valence-corrected chi connectivity index (χ1v) is 4.37. The van der Waals surface area contributed by atoms with Crippen molar-refractivity contribution in [2.24, 2.45) is 5.73 Å². The first-order valence-electron chi connectivity index (χ1n) is 4.37. The number of primary amides is 1. The average Bonchev–Trinajstić information content (AvgIpc) is 2.44. The molecule has 1 aromatic rings. The van der Waals surface area contributed by atoms with Crippen molar-refractivity contribution in [3.05, 3.63) is 35.4 Å². The maximum atomic E-state index is 14.0. The van der Waals surface area contributed by atoms with Gasteiger partial charge in [0.1, 0.15) is 0 Å². The van der Waals surface area contributed by atoms with Crippen molar-refractivity contribution in [1.29, 1.82) is 0 Å². The van der Waals surface area contributed by atoms with Crippen LogP contribution >= 0.6 is 0 Å². The van der Waals surface area contributed by atoms with Crippen LogP contribution in [0.25, 0.3) is 0 Å². The standard InChI is InChI=1S/C10H10FNO2/c11-10(14-9(12)13)6-5-7-3-1-2-4-8(7)10/h1-4H,5-6H2,(H2,12,13). The summed E-state index contributed by atoms with van der Waals surface area (Å²) in [5.41, 5.74) is 6.10. The Kier molecular flexibility index (Phi) is 1.91. The Hall–Kier alpha value is -1.58. The molecular weight excluding hydrogens is 185 g/mol. The summed E-state index contributed by atoms with van der Waals surface area (Å²) in [4.78, 5) is 10.5. The Labute approximate surface area is 80.7 Å². The van der Waals surface area contributed by atoms with E-state index in [0.717, 1.165) is 5.56 Å². The molecule has 0 aromatic heterocycles. The lowest BCUT2D eigenvalue weighted by Gasteiger charge is -2.19. The number of hydrogen-bond acceptors (Lipinski definition) is 2. The molecule has 0 aliphatic heterocycles. The fourth-order valence-corrected chi connectivity index (χ4v) is 1.80. The highest BCUT2D eigenvalue weighted by Crippen LogP contribution is 2.40. The Morgan fingerprint density at radius 1 is 1.50 bits per heavy atom. The second-order valence-corrected chi connectivity index (χ2v) is 3.31. The van der Waals surface area contributed by atoms with E-state index in [9.17, 15) is 9.18 Å². The van der Waals surface area contributed by atoms with Crippen molar-refractivity contribution in [1.82, 2.24) is 0 Å². The molecule has 1 aliphatic carbocycles. The van der Waals surface area contributed by atoms with E-state index in [0.29, 0.717) is 12.0 Å². The zero-order chi connectivity index (χ0) is 10.2. The molecule has 1 atom stereocenters. The second-order valence-electron chi connectivity index (χ2n) is 3.31. The largest absolute Gasteiger partial charge is 0.408 e. The van der Waals surface area contributed by atoms with Gasteiger partial charge in [-0.1, -0.05) is 24.3 Å². The molecular formula is C10H10FNO2. The van der Waals surface area contributed by atoms with Gasteiger partial charge in [-0.2, -0.15) is 4.39 Å². The molecule has 74 valence electrons. The lowest BCUT2D eigenvalue weighted by atomic mass is 10.1. The fraction of sp³-hybridized carbons (Fsp3) is 0.300. The van der Waals surface area contributed by atoms with Crippen LogP contribution in [0, 0.1) is 0 Å². The van der Waals surface area contributed by atoms with Gasteiger partial charge in [0.25, 0.3) is 5.85 Å². The molecule has 1 unspecified atom stereocenters. The van der Waals surface area contributed by atoms with Gasteiger partial charge in [-0.15, -0.1) is 0 Å². The van der Waals surface area contributed by atoms with Gasteiger partial charge in [-0.3, -0.25) is 0 Å². The van der Waals surface area contributed by atoms with E-state index >= 15 is 0 Å². The van der Waals surface area contributed by atoms with Crippen LogP contribution in [-0.2, 0) is 17.0 Å². The summed E-state index contributed by atoms with van der Waals surface area (Å²) in [6.07, 6.45) is -0.362. The summed E-state index contributed by atoms with van der Waals surface area (Å²) in [5, 5.41) is 0.